The molecule has 1 unspecified atom stereocenters. The SMILES string of the molecule is Cc1cccc(NC(=O)CN(C)C(C)C(=O)Nc2ccc3[nH]c(=O)[nH]c3c2)c1C. The summed E-state index contributed by atoms with van der Waals surface area (Å²) in [6, 6.07) is 10.3. The number of aromatic nitrogens is 2. The molecule has 2 amide bonds. The van der Waals surface area contributed by atoms with E-state index in [0.717, 1.165) is 16.8 Å². The van der Waals surface area contributed by atoms with E-state index in [1.165, 1.54) is 0 Å². The van der Waals surface area contributed by atoms with Crippen molar-refractivity contribution in [2.75, 3.05) is 24.2 Å². The largest absolute Gasteiger partial charge is 0.325 e. The third-order valence-electron chi connectivity index (χ3n) is 5.10. The number of likely N-dealkylation sites (N-methyl/N-ethyl adjacent to an activating group) is 1. The number of imidazole rings is 1. The van der Waals surface area contributed by atoms with Gasteiger partial charge in [0, 0.05) is 11.4 Å². The molecule has 0 aliphatic rings. The predicted octanol–water partition coefficient (Wildman–Crippen LogP) is 2.37. The molecular formula is C21H25N5O3. The molecule has 0 fully saturated rings. The lowest BCUT2D eigenvalue weighted by atomic mass is 10.1. The number of anilines is 2. The van der Waals surface area contributed by atoms with Gasteiger partial charge in [-0.15, -0.1) is 0 Å². The van der Waals surface area contributed by atoms with Crippen LogP contribution in [0.15, 0.2) is 41.2 Å². The fourth-order valence-corrected chi connectivity index (χ4v) is 3.00. The van der Waals surface area contributed by atoms with Gasteiger partial charge in [0.25, 0.3) is 0 Å². The molecule has 2 aromatic carbocycles. The number of rotatable bonds is 6. The molecule has 0 bridgehead atoms. The number of carbonyl (C=O) groups excluding carboxylic acids is 2. The van der Waals surface area contributed by atoms with Crippen LogP contribution in [0.1, 0.15) is 18.1 Å². The first kappa shape index (κ1) is 20.3. The van der Waals surface area contributed by atoms with Gasteiger partial charge in [-0.3, -0.25) is 14.5 Å². The molecule has 1 aromatic heterocycles. The Kier molecular flexibility index (Phi) is 5.84. The van der Waals surface area contributed by atoms with Crippen molar-refractivity contribution in [2.24, 2.45) is 0 Å². The van der Waals surface area contributed by atoms with E-state index in [0.29, 0.717) is 16.7 Å². The van der Waals surface area contributed by atoms with Gasteiger partial charge in [0.05, 0.1) is 23.6 Å². The summed E-state index contributed by atoms with van der Waals surface area (Å²) in [5.41, 5.74) is 4.44. The van der Waals surface area contributed by atoms with Crippen LogP contribution in [0.3, 0.4) is 0 Å². The summed E-state index contributed by atoms with van der Waals surface area (Å²) < 4.78 is 0. The van der Waals surface area contributed by atoms with Gasteiger partial charge in [-0.2, -0.15) is 0 Å². The highest BCUT2D eigenvalue weighted by atomic mass is 16.2. The zero-order valence-corrected chi connectivity index (χ0v) is 16.9. The van der Waals surface area contributed by atoms with Crippen molar-refractivity contribution in [2.45, 2.75) is 26.8 Å². The average Bonchev–Trinajstić information content (AvgIpc) is 3.04. The van der Waals surface area contributed by atoms with Gasteiger partial charge in [0.1, 0.15) is 0 Å². The Bertz CT molecular complexity index is 1110. The summed E-state index contributed by atoms with van der Waals surface area (Å²) in [6.45, 7) is 5.76. The van der Waals surface area contributed by atoms with E-state index in [4.69, 9.17) is 0 Å². The van der Waals surface area contributed by atoms with Crippen LogP contribution in [0, 0.1) is 13.8 Å². The summed E-state index contributed by atoms with van der Waals surface area (Å²) in [4.78, 5) is 43.3. The maximum absolute atomic E-state index is 12.6. The van der Waals surface area contributed by atoms with Crippen molar-refractivity contribution in [3.8, 4) is 0 Å². The number of nitrogens with zero attached hydrogens (tertiary/aromatic N) is 1. The first-order valence-corrected chi connectivity index (χ1v) is 9.34. The Morgan fingerprint density at radius 3 is 2.55 bits per heavy atom. The molecule has 0 aliphatic heterocycles. The number of hydrogen-bond acceptors (Lipinski definition) is 4. The van der Waals surface area contributed by atoms with Crippen LogP contribution in [-0.4, -0.2) is 46.3 Å². The van der Waals surface area contributed by atoms with Crippen LogP contribution in [0.5, 0.6) is 0 Å². The summed E-state index contributed by atoms with van der Waals surface area (Å²) >= 11 is 0. The third kappa shape index (κ3) is 4.72. The number of amides is 2. The first-order valence-electron chi connectivity index (χ1n) is 9.34. The van der Waals surface area contributed by atoms with Crippen molar-refractivity contribution in [3.63, 3.8) is 0 Å². The number of fused-ring (bicyclic) bond motifs is 1. The molecule has 1 atom stereocenters. The van der Waals surface area contributed by atoms with Crippen molar-refractivity contribution < 1.29 is 9.59 Å². The molecule has 3 rings (SSSR count). The predicted molar refractivity (Wildman–Crippen MR) is 114 cm³/mol. The summed E-state index contributed by atoms with van der Waals surface area (Å²) in [6.07, 6.45) is 0. The highest BCUT2D eigenvalue weighted by molar-refractivity contribution is 5.97. The summed E-state index contributed by atoms with van der Waals surface area (Å²) in [7, 11) is 1.72. The molecular weight excluding hydrogens is 370 g/mol. The van der Waals surface area contributed by atoms with Crippen molar-refractivity contribution in [3.05, 3.63) is 58.0 Å². The third-order valence-corrected chi connectivity index (χ3v) is 5.10. The lowest BCUT2D eigenvalue weighted by Crippen LogP contribution is -2.43. The van der Waals surface area contributed by atoms with Crippen LogP contribution in [0.25, 0.3) is 11.0 Å². The normalized spacial score (nSPS) is 12.2. The van der Waals surface area contributed by atoms with E-state index in [1.54, 1.807) is 37.1 Å². The topological polar surface area (TPSA) is 110 Å². The second kappa shape index (κ2) is 8.32. The maximum Gasteiger partial charge on any atom is 0.323 e. The van der Waals surface area contributed by atoms with Crippen LogP contribution in [0.2, 0.25) is 0 Å². The molecule has 3 aromatic rings. The first-order chi connectivity index (χ1) is 13.7. The van der Waals surface area contributed by atoms with E-state index in [-0.39, 0.29) is 24.0 Å². The van der Waals surface area contributed by atoms with Gasteiger partial charge in [0.2, 0.25) is 11.8 Å². The van der Waals surface area contributed by atoms with Crippen molar-refractivity contribution in [1.29, 1.82) is 0 Å². The fourth-order valence-electron chi connectivity index (χ4n) is 3.00. The fraction of sp³-hybridized carbons (Fsp3) is 0.286. The van der Waals surface area contributed by atoms with Gasteiger partial charge in [-0.25, -0.2) is 4.79 Å². The lowest BCUT2D eigenvalue weighted by molar-refractivity contribution is -0.122. The quantitative estimate of drug-likeness (QED) is 0.514. The molecule has 8 nitrogen and oxygen atoms in total. The average molecular weight is 395 g/mol. The lowest BCUT2D eigenvalue weighted by Gasteiger charge is -2.23. The number of carbonyl (C=O) groups is 2. The highest BCUT2D eigenvalue weighted by Crippen LogP contribution is 2.18. The molecule has 29 heavy (non-hydrogen) atoms. The van der Waals surface area contributed by atoms with Crippen molar-refractivity contribution >= 4 is 34.2 Å². The smallest absolute Gasteiger partial charge is 0.323 e. The van der Waals surface area contributed by atoms with Gasteiger partial charge in [-0.05, 0) is 63.2 Å². The molecule has 152 valence electrons. The molecule has 0 spiro atoms. The van der Waals surface area contributed by atoms with Crippen LogP contribution in [-0.2, 0) is 9.59 Å². The van der Waals surface area contributed by atoms with E-state index in [2.05, 4.69) is 20.6 Å². The number of aryl methyl sites for hydroxylation is 1. The molecule has 4 N–H and O–H groups in total. The molecule has 0 aliphatic carbocycles. The molecule has 0 radical (unpaired) electrons. The zero-order chi connectivity index (χ0) is 21.1. The maximum atomic E-state index is 12.6. The number of H-pyrrole nitrogens is 2. The monoisotopic (exact) mass is 395 g/mol. The zero-order valence-electron chi connectivity index (χ0n) is 16.9. The summed E-state index contributed by atoms with van der Waals surface area (Å²) in [5.74, 6) is -0.434. The highest BCUT2D eigenvalue weighted by Gasteiger charge is 2.21. The van der Waals surface area contributed by atoms with E-state index >= 15 is 0 Å². The second-order valence-electron chi connectivity index (χ2n) is 7.22. The molecule has 0 saturated heterocycles. The number of benzene rings is 2. The van der Waals surface area contributed by atoms with Crippen LogP contribution < -0.4 is 16.3 Å². The van der Waals surface area contributed by atoms with Crippen LogP contribution in [0.4, 0.5) is 11.4 Å². The Balaban J connectivity index is 1.59. The van der Waals surface area contributed by atoms with E-state index < -0.39 is 6.04 Å². The summed E-state index contributed by atoms with van der Waals surface area (Å²) in [5, 5.41) is 5.71. The van der Waals surface area contributed by atoms with Gasteiger partial charge in [-0.1, -0.05) is 12.1 Å². The van der Waals surface area contributed by atoms with Gasteiger partial charge < -0.3 is 20.6 Å². The second-order valence-corrected chi connectivity index (χ2v) is 7.22. The molecule has 1 heterocycles. The number of hydrogen-bond donors (Lipinski definition) is 4. The minimum atomic E-state index is -0.527. The van der Waals surface area contributed by atoms with E-state index in [9.17, 15) is 14.4 Å². The van der Waals surface area contributed by atoms with E-state index in [1.807, 2.05) is 32.0 Å². The van der Waals surface area contributed by atoms with Crippen molar-refractivity contribution in [1.82, 2.24) is 14.9 Å². The minimum Gasteiger partial charge on any atom is -0.325 e. The standard InChI is InChI=1S/C21H25N5O3/c1-12-6-5-7-16(13(12)2)23-19(27)11-26(4)14(3)20(28)22-15-8-9-17-18(10-15)25-21(29)24-17/h5-10,14H,11H2,1-4H3,(H,22,28)(H,23,27)(H2,24,25,29). The number of aromatic amines is 2. The Hall–Kier alpha value is -3.39. The Morgan fingerprint density at radius 2 is 1.79 bits per heavy atom. The molecule has 8 heteroatoms. The number of nitrogens with one attached hydrogen (secondary N) is 4. The van der Waals surface area contributed by atoms with Gasteiger partial charge >= 0.3 is 5.69 Å². The minimum absolute atomic E-state index is 0.0755. The Labute approximate surface area is 168 Å². The van der Waals surface area contributed by atoms with Crippen LogP contribution >= 0.6 is 0 Å². The van der Waals surface area contributed by atoms with Gasteiger partial charge in [0.15, 0.2) is 0 Å². The Morgan fingerprint density at radius 1 is 1.07 bits per heavy atom. The molecule has 0 saturated carbocycles.